The SMILES string of the molecule is O=C(Nc1nc(-c2cccc([N+](=O)[O-])c2)cs1)C(Sc1ccc(NS(=O)(=O)c2ccccc2)cc1)c1ccccc1. The van der Waals surface area contributed by atoms with Crippen molar-refractivity contribution in [1.29, 1.82) is 0 Å². The lowest BCUT2D eigenvalue weighted by Gasteiger charge is -2.16. The van der Waals surface area contributed by atoms with Gasteiger partial charge in [0.05, 0.1) is 15.5 Å². The van der Waals surface area contributed by atoms with Gasteiger partial charge in [-0.2, -0.15) is 0 Å². The molecule has 0 radical (unpaired) electrons. The molecule has 1 atom stereocenters. The number of non-ortho nitro benzene ring substituents is 1. The van der Waals surface area contributed by atoms with Crippen molar-refractivity contribution in [3.63, 3.8) is 0 Å². The van der Waals surface area contributed by atoms with Crippen LogP contribution in [0.4, 0.5) is 16.5 Å². The van der Waals surface area contributed by atoms with Gasteiger partial charge < -0.3 is 5.32 Å². The van der Waals surface area contributed by atoms with Crippen molar-refractivity contribution < 1.29 is 18.1 Å². The number of rotatable bonds is 10. The number of hydrogen-bond donors (Lipinski definition) is 2. The van der Waals surface area contributed by atoms with Gasteiger partial charge in [0, 0.05) is 33.7 Å². The summed E-state index contributed by atoms with van der Waals surface area (Å²) in [5.41, 5.74) is 2.23. The number of nitro benzene ring substituents is 1. The van der Waals surface area contributed by atoms with Crippen LogP contribution in [-0.4, -0.2) is 24.2 Å². The normalized spacial score (nSPS) is 11.9. The zero-order valence-corrected chi connectivity index (χ0v) is 23.7. The lowest BCUT2D eigenvalue weighted by Crippen LogP contribution is -2.19. The molecular weight excluding hydrogens is 581 g/mol. The van der Waals surface area contributed by atoms with Crippen molar-refractivity contribution in [2.45, 2.75) is 15.0 Å². The molecule has 0 spiro atoms. The van der Waals surface area contributed by atoms with E-state index in [4.69, 9.17) is 0 Å². The number of thiazole rings is 1. The molecule has 41 heavy (non-hydrogen) atoms. The summed E-state index contributed by atoms with van der Waals surface area (Å²) in [5.74, 6) is -0.296. The third kappa shape index (κ3) is 6.98. The highest BCUT2D eigenvalue weighted by Crippen LogP contribution is 2.37. The summed E-state index contributed by atoms with van der Waals surface area (Å²) in [6, 6.07) is 30.3. The summed E-state index contributed by atoms with van der Waals surface area (Å²) < 4.78 is 27.9. The second-order valence-corrected chi connectivity index (χ2v) is 12.4. The van der Waals surface area contributed by atoms with E-state index in [-0.39, 0.29) is 16.5 Å². The first-order valence-corrected chi connectivity index (χ1v) is 15.4. The molecule has 0 aliphatic rings. The van der Waals surface area contributed by atoms with Gasteiger partial charge in [-0.05, 0) is 42.0 Å². The molecule has 0 saturated heterocycles. The predicted octanol–water partition coefficient (Wildman–Crippen LogP) is 6.99. The molecule has 206 valence electrons. The zero-order valence-electron chi connectivity index (χ0n) is 21.2. The Hall–Kier alpha value is -4.52. The molecule has 9 nitrogen and oxygen atoms in total. The fraction of sp³-hybridized carbons (Fsp3) is 0.0345. The number of carbonyl (C=O) groups is 1. The zero-order chi connectivity index (χ0) is 28.8. The minimum Gasteiger partial charge on any atom is -0.301 e. The number of aromatic nitrogens is 1. The van der Waals surface area contributed by atoms with E-state index in [0.717, 1.165) is 10.5 Å². The highest BCUT2D eigenvalue weighted by Gasteiger charge is 2.24. The first kappa shape index (κ1) is 28.0. The second-order valence-electron chi connectivity index (χ2n) is 8.69. The summed E-state index contributed by atoms with van der Waals surface area (Å²) >= 11 is 2.54. The molecule has 12 heteroatoms. The molecule has 1 unspecified atom stereocenters. The van der Waals surface area contributed by atoms with Crippen molar-refractivity contribution in [3.05, 3.63) is 130 Å². The van der Waals surface area contributed by atoms with Crippen LogP contribution in [0.5, 0.6) is 0 Å². The van der Waals surface area contributed by atoms with E-state index in [1.807, 2.05) is 30.3 Å². The molecule has 2 N–H and O–H groups in total. The Kier molecular flexibility index (Phi) is 8.43. The molecule has 0 aliphatic heterocycles. The number of carbonyl (C=O) groups excluding carboxylic acids is 1. The summed E-state index contributed by atoms with van der Waals surface area (Å²) in [5, 5.41) is 15.5. The van der Waals surface area contributed by atoms with Gasteiger partial charge in [-0.3, -0.25) is 19.6 Å². The van der Waals surface area contributed by atoms with Crippen LogP contribution in [0.15, 0.2) is 124 Å². The Morgan fingerprint density at radius 1 is 0.902 bits per heavy atom. The van der Waals surface area contributed by atoms with E-state index in [1.165, 1.54) is 47.4 Å². The third-order valence-corrected chi connectivity index (χ3v) is 9.26. The Labute approximate surface area is 244 Å². The van der Waals surface area contributed by atoms with Gasteiger partial charge in [0.25, 0.3) is 15.7 Å². The van der Waals surface area contributed by atoms with Crippen LogP contribution >= 0.6 is 23.1 Å². The van der Waals surface area contributed by atoms with E-state index < -0.39 is 20.2 Å². The quantitative estimate of drug-likeness (QED) is 0.100. The number of benzene rings is 4. The van der Waals surface area contributed by atoms with Crippen molar-refractivity contribution in [2.24, 2.45) is 0 Å². The monoisotopic (exact) mass is 602 g/mol. The Balaban J connectivity index is 1.32. The predicted molar refractivity (Wildman–Crippen MR) is 162 cm³/mol. The number of nitrogens with zero attached hydrogens (tertiary/aromatic N) is 2. The minimum atomic E-state index is -3.73. The molecule has 5 aromatic rings. The topological polar surface area (TPSA) is 131 Å². The fourth-order valence-corrected chi connectivity index (χ4v) is 6.69. The van der Waals surface area contributed by atoms with Gasteiger partial charge in [0.15, 0.2) is 5.13 Å². The molecule has 0 bridgehead atoms. The highest BCUT2D eigenvalue weighted by atomic mass is 32.2. The molecule has 1 amide bonds. The maximum absolute atomic E-state index is 13.5. The van der Waals surface area contributed by atoms with E-state index in [9.17, 15) is 23.3 Å². The summed E-state index contributed by atoms with van der Waals surface area (Å²) in [6.07, 6.45) is 0. The molecule has 1 heterocycles. The largest absolute Gasteiger partial charge is 0.301 e. The lowest BCUT2D eigenvalue weighted by molar-refractivity contribution is -0.384. The number of nitrogens with one attached hydrogen (secondary N) is 2. The Morgan fingerprint density at radius 3 is 2.27 bits per heavy atom. The van der Waals surface area contributed by atoms with Crippen LogP contribution in [0, 0.1) is 10.1 Å². The maximum Gasteiger partial charge on any atom is 0.270 e. The number of hydrogen-bond acceptors (Lipinski definition) is 8. The molecule has 4 aromatic carbocycles. The van der Waals surface area contributed by atoms with Gasteiger partial charge in [0.2, 0.25) is 5.91 Å². The average Bonchev–Trinajstić information content (AvgIpc) is 3.46. The van der Waals surface area contributed by atoms with Crippen molar-refractivity contribution in [3.8, 4) is 11.3 Å². The van der Waals surface area contributed by atoms with Crippen LogP contribution in [-0.2, 0) is 14.8 Å². The third-order valence-electron chi connectivity index (χ3n) is 5.84. The molecule has 0 saturated carbocycles. The van der Waals surface area contributed by atoms with Gasteiger partial charge in [0.1, 0.15) is 5.25 Å². The standard InChI is InChI=1S/C29H22N4O5S3/c34-28(31-29-30-26(19-39-29)21-10-7-11-23(18-21)33(35)36)27(20-8-3-1-4-9-20)40-24-16-14-22(15-17-24)32-41(37,38)25-12-5-2-6-13-25/h1-19,27,32H,(H,30,31,34). The summed E-state index contributed by atoms with van der Waals surface area (Å²) in [4.78, 5) is 29.5. The number of sulfonamides is 1. The van der Waals surface area contributed by atoms with E-state index in [0.29, 0.717) is 22.1 Å². The van der Waals surface area contributed by atoms with Crippen molar-refractivity contribution in [2.75, 3.05) is 10.0 Å². The molecule has 0 aliphatic carbocycles. The van der Waals surface area contributed by atoms with Crippen LogP contribution in [0.1, 0.15) is 10.8 Å². The first-order chi connectivity index (χ1) is 19.8. The van der Waals surface area contributed by atoms with Gasteiger partial charge in [-0.1, -0.05) is 60.7 Å². The average molecular weight is 603 g/mol. The number of anilines is 2. The molecule has 1 aromatic heterocycles. The highest BCUT2D eigenvalue weighted by molar-refractivity contribution is 8.00. The van der Waals surface area contributed by atoms with E-state index in [2.05, 4.69) is 15.0 Å². The number of nitro groups is 1. The van der Waals surface area contributed by atoms with Crippen molar-refractivity contribution in [1.82, 2.24) is 4.98 Å². The van der Waals surface area contributed by atoms with Gasteiger partial charge in [-0.25, -0.2) is 13.4 Å². The van der Waals surface area contributed by atoms with E-state index >= 15 is 0 Å². The first-order valence-electron chi connectivity index (χ1n) is 12.2. The van der Waals surface area contributed by atoms with Crippen LogP contribution < -0.4 is 10.0 Å². The van der Waals surface area contributed by atoms with E-state index in [1.54, 1.807) is 60.0 Å². The molecule has 0 fully saturated rings. The summed E-state index contributed by atoms with van der Waals surface area (Å²) in [6.45, 7) is 0. The summed E-state index contributed by atoms with van der Waals surface area (Å²) in [7, 11) is -3.73. The van der Waals surface area contributed by atoms with Gasteiger partial charge in [-0.15, -0.1) is 23.1 Å². The van der Waals surface area contributed by atoms with Crippen molar-refractivity contribution >= 4 is 55.5 Å². The second kappa shape index (κ2) is 12.3. The molecule has 5 rings (SSSR count). The number of amides is 1. The maximum atomic E-state index is 13.5. The van der Waals surface area contributed by atoms with Crippen LogP contribution in [0.2, 0.25) is 0 Å². The Morgan fingerprint density at radius 2 is 1.59 bits per heavy atom. The van der Waals surface area contributed by atoms with Crippen LogP contribution in [0.25, 0.3) is 11.3 Å². The number of thioether (sulfide) groups is 1. The smallest absolute Gasteiger partial charge is 0.270 e. The minimum absolute atomic E-state index is 0.0412. The van der Waals surface area contributed by atoms with Gasteiger partial charge >= 0.3 is 0 Å². The lowest BCUT2D eigenvalue weighted by atomic mass is 10.1. The molecular formula is C29H22N4O5S3. The Bertz CT molecular complexity index is 1780. The van der Waals surface area contributed by atoms with Crippen LogP contribution in [0.3, 0.4) is 0 Å². The fourth-order valence-electron chi connectivity index (χ4n) is 3.87.